The Morgan fingerprint density at radius 1 is 1.38 bits per heavy atom. The van der Waals surface area contributed by atoms with Crippen LogP contribution in [0.1, 0.15) is 44.5 Å². The number of benzene rings is 2. The van der Waals surface area contributed by atoms with Gasteiger partial charge in [0.05, 0.1) is 12.5 Å². The minimum atomic E-state index is -0.442. The number of hydroxylamine groups is 2. The summed E-state index contributed by atoms with van der Waals surface area (Å²) >= 11 is 0. The zero-order valence-corrected chi connectivity index (χ0v) is 16.5. The molecule has 1 aromatic heterocycles. The second-order valence-electron chi connectivity index (χ2n) is 7.62. The molecule has 0 saturated carbocycles. The fourth-order valence-electron chi connectivity index (χ4n) is 4.21. The molecule has 0 bridgehead atoms. The fourth-order valence-corrected chi connectivity index (χ4v) is 4.21. The van der Waals surface area contributed by atoms with Gasteiger partial charge in [-0.05, 0) is 42.2 Å². The Morgan fingerprint density at radius 2 is 2.14 bits per heavy atom. The average molecular weight is 395 g/mol. The summed E-state index contributed by atoms with van der Waals surface area (Å²) in [6.07, 6.45) is 3.38. The predicted octanol–water partition coefficient (Wildman–Crippen LogP) is 3.91. The Balaban J connectivity index is 1.62. The van der Waals surface area contributed by atoms with Crippen molar-refractivity contribution in [3.05, 3.63) is 42.3 Å². The minimum Gasteiger partial charge on any atom is -0.438 e. The number of likely N-dealkylation sites (tertiary alicyclic amines) is 1. The largest absolute Gasteiger partial charge is 0.438 e. The van der Waals surface area contributed by atoms with Crippen molar-refractivity contribution in [1.29, 1.82) is 0 Å². The fraction of sp³-hybridized carbons (Fsp3) is 0.409. The third-order valence-electron chi connectivity index (χ3n) is 5.61. The molecule has 152 valence electrons. The third kappa shape index (κ3) is 3.82. The number of rotatable bonds is 7. The topological polar surface area (TPSA) is 86.9 Å². The normalized spacial score (nSPS) is 17.7. The summed E-state index contributed by atoms with van der Waals surface area (Å²) < 4.78 is 6.06. The number of fused-ring (bicyclic) bond motifs is 2. The highest BCUT2D eigenvalue weighted by atomic mass is 16.5. The highest BCUT2D eigenvalue weighted by Crippen LogP contribution is 2.35. The highest BCUT2D eigenvalue weighted by molar-refractivity contribution is 5.94. The highest BCUT2D eigenvalue weighted by Gasteiger charge is 2.36. The number of amides is 2. The summed E-state index contributed by atoms with van der Waals surface area (Å²) in [5, 5.41) is 12.3. The summed E-state index contributed by atoms with van der Waals surface area (Å²) in [4.78, 5) is 30.5. The molecular formula is C22H25N3O4. The van der Waals surface area contributed by atoms with Gasteiger partial charge < -0.3 is 9.32 Å². The van der Waals surface area contributed by atoms with Crippen LogP contribution in [0.15, 0.2) is 40.8 Å². The molecule has 29 heavy (non-hydrogen) atoms. The molecule has 1 aliphatic heterocycles. The molecular weight excluding hydrogens is 370 g/mol. The number of hydrogen-bond acceptors (Lipinski definition) is 5. The van der Waals surface area contributed by atoms with Gasteiger partial charge in [0.15, 0.2) is 5.58 Å². The van der Waals surface area contributed by atoms with Gasteiger partial charge >= 0.3 is 0 Å². The van der Waals surface area contributed by atoms with E-state index in [1.165, 1.54) is 0 Å². The second-order valence-corrected chi connectivity index (χ2v) is 7.62. The van der Waals surface area contributed by atoms with Gasteiger partial charge in [0.1, 0.15) is 11.6 Å². The summed E-state index contributed by atoms with van der Waals surface area (Å²) in [5.74, 6) is 0.0399. The Morgan fingerprint density at radius 3 is 2.86 bits per heavy atom. The van der Waals surface area contributed by atoms with Crippen LogP contribution in [0.25, 0.3) is 21.9 Å². The van der Waals surface area contributed by atoms with Crippen LogP contribution in [-0.4, -0.2) is 45.6 Å². The number of carbonyl (C=O) groups is 2. The lowest BCUT2D eigenvalue weighted by molar-refractivity contribution is -0.157. The van der Waals surface area contributed by atoms with Gasteiger partial charge in [-0.25, -0.2) is 10.0 Å². The molecule has 0 spiro atoms. The monoisotopic (exact) mass is 395 g/mol. The lowest BCUT2D eigenvalue weighted by Gasteiger charge is -2.28. The molecule has 2 amide bonds. The van der Waals surface area contributed by atoms with Gasteiger partial charge in [0, 0.05) is 6.54 Å². The van der Waals surface area contributed by atoms with Gasteiger partial charge in [-0.1, -0.05) is 37.6 Å². The van der Waals surface area contributed by atoms with E-state index in [0.29, 0.717) is 35.9 Å². The van der Waals surface area contributed by atoms with Crippen molar-refractivity contribution in [2.45, 2.75) is 38.6 Å². The van der Waals surface area contributed by atoms with E-state index in [4.69, 9.17) is 4.42 Å². The van der Waals surface area contributed by atoms with Crippen molar-refractivity contribution in [3.63, 3.8) is 0 Å². The number of hydrogen-bond donors (Lipinski definition) is 1. The molecule has 0 aliphatic carbocycles. The molecule has 1 fully saturated rings. The van der Waals surface area contributed by atoms with E-state index in [-0.39, 0.29) is 18.5 Å². The van der Waals surface area contributed by atoms with Gasteiger partial charge in [0.25, 0.3) is 0 Å². The van der Waals surface area contributed by atoms with Crippen molar-refractivity contribution in [1.82, 2.24) is 14.9 Å². The predicted molar refractivity (Wildman–Crippen MR) is 108 cm³/mol. The van der Waals surface area contributed by atoms with Crippen molar-refractivity contribution in [3.8, 4) is 0 Å². The number of nitrogens with zero attached hydrogens (tertiary/aromatic N) is 3. The third-order valence-corrected chi connectivity index (χ3v) is 5.61. The Kier molecular flexibility index (Phi) is 5.49. The molecule has 2 heterocycles. The smallest absolute Gasteiger partial charge is 0.233 e. The molecule has 2 atom stereocenters. The Bertz CT molecular complexity index is 979. The molecule has 1 saturated heterocycles. The molecule has 1 aliphatic rings. The quantitative estimate of drug-likeness (QED) is 0.372. The van der Waals surface area contributed by atoms with Crippen LogP contribution in [0.3, 0.4) is 0 Å². The van der Waals surface area contributed by atoms with Gasteiger partial charge in [-0.15, -0.1) is 0 Å². The first-order valence-corrected chi connectivity index (χ1v) is 10.1. The molecule has 1 N–H and O–H groups in total. The molecule has 0 unspecified atom stereocenters. The van der Waals surface area contributed by atoms with Crippen LogP contribution in [0.4, 0.5) is 0 Å². The van der Waals surface area contributed by atoms with E-state index >= 15 is 0 Å². The zero-order chi connectivity index (χ0) is 20.4. The molecule has 3 aromatic rings. The van der Waals surface area contributed by atoms with Crippen molar-refractivity contribution in [2.24, 2.45) is 5.92 Å². The van der Waals surface area contributed by atoms with E-state index < -0.39 is 5.92 Å². The average Bonchev–Trinajstić information content (AvgIpc) is 3.37. The molecule has 4 rings (SSSR count). The van der Waals surface area contributed by atoms with Crippen LogP contribution in [0.2, 0.25) is 0 Å². The lowest BCUT2D eigenvalue weighted by Crippen LogP contribution is -2.40. The minimum absolute atomic E-state index is 0.00165. The van der Waals surface area contributed by atoms with Gasteiger partial charge in [-0.2, -0.15) is 0 Å². The Labute approximate surface area is 168 Å². The number of aromatic nitrogens is 1. The van der Waals surface area contributed by atoms with E-state index in [1.54, 1.807) is 4.90 Å². The van der Waals surface area contributed by atoms with E-state index in [1.807, 2.05) is 43.3 Å². The van der Waals surface area contributed by atoms with Crippen molar-refractivity contribution >= 4 is 34.2 Å². The first-order chi connectivity index (χ1) is 14.1. The maximum atomic E-state index is 13.2. The first kappa shape index (κ1) is 19.4. The maximum absolute atomic E-state index is 13.2. The first-order valence-electron chi connectivity index (χ1n) is 10.1. The van der Waals surface area contributed by atoms with Crippen LogP contribution >= 0.6 is 0 Å². The lowest BCUT2D eigenvalue weighted by atomic mass is 10.0. The summed E-state index contributed by atoms with van der Waals surface area (Å²) in [5.41, 5.74) is 1.50. The SMILES string of the molecule is CCC[C@@H](CN(O)C=O)C(=O)N1CCC[C@H]1c1nc2cc3ccccc3cc2o1. The summed E-state index contributed by atoms with van der Waals surface area (Å²) in [6.45, 7) is 2.60. The van der Waals surface area contributed by atoms with Gasteiger partial charge in [0.2, 0.25) is 18.2 Å². The standard InChI is InChI=1S/C22H25N3O4/c1-2-6-17(13-24(28)14-26)22(27)25-10-5-9-19(25)21-23-18-11-15-7-3-4-8-16(15)12-20(18)29-21/h3-4,7-8,11-12,14,17,19,28H,2,5-6,9-10,13H2,1H3/t17-,19-/m0/s1. The number of oxazole rings is 1. The molecule has 7 nitrogen and oxygen atoms in total. The van der Waals surface area contributed by atoms with Gasteiger partial charge in [-0.3, -0.25) is 14.8 Å². The van der Waals surface area contributed by atoms with Crippen LogP contribution in [0.5, 0.6) is 0 Å². The molecule has 7 heteroatoms. The Hall–Kier alpha value is -2.93. The van der Waals surface area contributed by atoms with Crippen LogP contribution in [-0.2, 0) is 9.59 Å². The number of carbonyl (C=O) groups excluding carboxylic acids is 2. The second kappa shape index (κ2) is 8.21. The van der Waals surface area contributed by atoms with Crippen molar-refractivity contribution < 1.29 is 19.2 Å². The summed E-state index contributed by atoms with van der Waals surface area (Å²) in [6, 6.07) is 11.8. The van der Waals surface area contributed by atoms with Crippen molar-refractivity contribution in [2.75, 3.05) is 13.1 Å². The van der Waals surface area contributed by atoms with E-state index in [2.05, 4.69) is 4.98 Å². The molecule has 0 radical (unpaired) electrons. The summed E-state index contributed by atoms with van der Waals surface area (Å²) in [7, 11) is 0. The van der Waals surface area contributed by atoms with Crippen LogP contribution in [0, 0.1) is 5.92 Å². The van der Waals surface area contributed by atoms with E-state index in [9.17, 15) is 14.8 Å². The molecule has 2 aromatic carbocycles. The van der Waals surface area contributed by atoms with E-state index in [0.717, 1.165) is 35.6 Å². The zero-order valence-electron chi connectivity index (χ0n) is 16.5. The van der Waals surface area contributed by atoms with Crippen LogP contribution < -0.4 is 0 Å². The maximum Gasteiger partial charge on any atom is 0.233 e.